The van der Waals surface area contributed by atoms with E-state index < -0.39 is 11.0 Å². The number of amides is 1. The van der Waals surface area contributed by atoms with Crippen LogP contribution in [-0.2, 0) is 0 Å². The lowest BCUT2D eigenvalue weighted by molar-refractivity contribution is -0.384. The van der Waals surface area contributed by atoms with E-state index in [4.69, 9.17) is 4.74 Å². The molecule has 1 unspecified atom stereocenters. The van der Waals surface area contributed by atoms with Crippen LogP contribution in [0.5, 0.6) is 5.75 Å². The molecule has 0 fully saturated rings. The molecule has 0 radical (unpaired) electrons. The molecule has 0 aliphatic carbocycles. The third-order valence-corrected chi connectivity index (χ3v) is 5.38. The van der Waals surface area contributed by atoms with Gasteiger partial charge in [0.05, 0.1) is 23.8 Å². The molecular weight excluding hydrogens is 384 g/mol. The van der Waals surface area contributed by atoms with Crippen LogP contribution in [0.4, 0.5) is 5.69 Å². The van der Waals surface area contributed by atoms with Crippen LogP contribution >= 0.6 is 0 Å². The Morgan fingerprint density at radius 3 is 2.67 bits per heavy atom. The Labute approximate surface area is 173 Å². The average Bonchev–Trinajstić information content (AvgIpc) is 3.31. The second-order valence-electron chi connectivity index (χ2n) is 7.20. The van der Waals surface area contributed by atoms with E-state index in [0.29, 0.717) is 23.5 Å². The number of hydrogen-bond donors (Lipinski definition) is 1. The number of nitrogens with zero attached hydrogens (tertiary/aromatic N) is 3. The fraction of sp³-hybridized carbons (Fsp3) is 0.273. The summed E-state index contributed by atoms with van der Waals surface area (Å²) in [5.74, 6) is 0.587. The van der Waals surface area contributed by atoms with Crippen LogP contribution in [0, 0.1) is 10.1 Å². The van der Waals surface area contributed by atoms with Gasteiger partial charge in [-0.05, 0) is 36.2 Å². The predicted octanol–water partition coefficient (Wildman–Crippen LogP) is 4.34. The molecule has 1 atom stereocenters. The highest BCUT2D eigenvalue weighted by atomic mass is 16.6. The number of unbranched alkanes of at least 4 members (excludes halogenated alkanes) is 1. The Morgan fingerprint density at radius 2 is 2.00 bits per heavy atom. The highest BCUT2D eigenvalue weighted by Gasteiger charge is 2.42. The first kappa shape index (κ1) is 19.6. The third kappa shape index (κ3) is 3.30. The van der Waals surface area contributed by atoms with Crippen molar-refractivity contribution >= 4 is 11.6 Å². The van der Waals surface area contributed by atoms with Crippen molar-refractivity contribution in [1.82, 2.24) is 15.1 Å². The van der Waals surface area contributed by atoms with Gasteiger partial charge in [-0.3, -0.25) is 20.0 Å². The molecule has 1 aliphatic rings. The predicted molar refractivity (Wildman–Crippen MR) is 111 cm³/mol. The molecule has 8 nitrogen and oxygen atoms in total. The van der Waals surface area contributed by atoms with Crippen molar-refractivity contribution in [3.63, 3.8) is 0 Å². The number of rotatable bonds is 7. The van der Waals surface area contributed by atoms with Crippen LogP contribution in [0.1, 0.15) is 47.4 Å². The summed E-state index contributed by atoms with van der Waals surface area (Å²) in [7, 11) is 1.60. The minimum absolute atomic E-state index is 0.00154. The Balaban J connectivity index is 1.85. The number of hydrogen-bond acceptors (Lipinski definition) is 5. The minimum atomic E-state index is -0.435. The molecule has 30 heavy (non-hydrogen) atoms. The van der Waals surface area contributed by atoms with Gasteiger partial charge in [-0.2, -0.15) is 5.10 Å². The number of aromatic amines is 1. The molecule has 1 aliphatic heterocycles. The molecule has 1 aromatic heterocycles. The fourth-order valence-corrected chi connectivity index (χ4v) is 3.88. The van der Waals surface area contributed by atoms with E-state index in [-0.39, 0.29) is 11.6 Å². The quantitative estimate of drug-likeness (QED) is 0.465. The first-order valence-electron chi connectivity index (χ1n) is 9.83. The molecule has 8 heteroatoms. The van der Waals surface area contributed by atoms with Gasteiger partial charge < -0.3 is 9.64 Å². The summed E-state index contributed by atoms with van der Waals surface area (Å²) in [6, 6.07) is 13.5. The summed E-state index contributed by atoms with van der Waals surface area (Å²) in [6.45, 7) is 2.62. The van der Waals surface area contributed by atoms with Crippen molar-refractivity contribution in [3.05, 3.63) is 75.5 Å². The molecule has 0 saturated heterocycles. The second kappa shape index (κ2) is 7.98. The first-order valence-corrected chi connectivity index (χ1v) is 9.83. The number of ether oxygens (including phenoxy) is 1. The highest BCUT2D eigenvalue weighted by molar-refractivity contribution is 6.00. The Hall–Kier alpha value is -3.68. The van der Waals surface area contributed by atoms with Crippen LogP contribution < -0.4 is 4.74 Å². The van der Waals surface area contributed by atoms with E-state index >= 15 is 0 Å². The molecule has 4 rings (SSSR count). The molecule has 1 N–H and O–H groups in total. The monoisotopic (exact) mass is 406 g/mol. The molecule has 154 valence electrons. The van der Waals surface area contributed by atoms with Gasteiger partial charge in [-0.15, -0.1) is 0 Å². The van der Waals surface area contributed by atoms with Gasteiger partial charge in [0.2, 0.25) is 0 Å². The second-order valence-corrected chi connectivity index (χ2v) is 7.20. The smallest absolute Gasteiger partial charge is 0.273 e. The number of nitrogens with one attached hydrogen (secondary N) is 1. The number of carbonyl (C=O) groups is 1. The summed E-state index contributed by atoms with van der Waals surface area (Å²) in [4.78, 5) is 25.8. The zero-order valence-electron chi connectivity index (χ0n) is 16.8. The van der Waals surface area contributed by atoms with E-state index in [9.17, 15) is 14.9 Å². The van der Waals surface area contributed by atoms with E-state index in [0.717, 1.165) is 29.7 Å². The van der Waals surface area contributed by atoms with Gasteiger partial charge in [0.25, 0.3) is 11.6 Å². The number of methoxy groups -OCH3 is 1. The van der Waals surface area contributed by atoms with Crippen LogP contribution in [0.15, 0.2) is 48.5 Å². The lowest BCUT2D eigenvalue weighted by atomic mass is 9.95. The zero-order chi connectivity index (χ0) is 21.3. The maximum absolute atomic E-state index is 13.2. The van der Waals surface area contributed by atoms with Crippen molar-refractivity contribution in [1.29, 1.82) is 0 Å². The molecular formula is C22H22N4O4. The number of nitro groups is 1. The Kier molecular flexibility index (Phi) is 5.22. The van der Waals surface area contributed by atoms with Crippen LogP contribution in [-0.4, -0.2) is 39.6 Å². The summed E-state index contributed by atoms with van der Waals surface area (Å²) >= 11 is 0. The normalized spacial score (nSPS) is 15.3. The molecule has 2 aromatic carbocycles. The van der Waals surface area contributed by atoms with Crippen LogP contribution in [0.25, 0.3) is 11.3 Å². The number of nitro benzene ring substituents is 1. The van der Waals surface area contributed by atoms with Crippen LogP contribution in [0.3, 0.4) is 0 Å². The van der Waals surface area contributed by atoms with E-state index in [1.807, 2.05) is 30.3 Å². The van der Waals surface area contributed by atoms with Crippen LogP contribution in [0.2, 0.25) is 0 Å². The molecule has 0 spiro atoms. The van der Waals surface area contributed by atoms with Crippen molar-refractivity contribution in [3.8, 4) is 17.0 Å². The summed E-state index contributed by atoms with van der Waals surface area (Å²) in [6.07, 6.45) is 1.77. The van der Waals surface area contributed by atoms with Crippen molar-refractivity contribution in [2.24, 2.45) is 0 Å². The topological polar surface area (TPSA) is 101 Å². The molecule has 1 amide bonds. The van der Waals surface area contributed by atoms with Gasteiger partial charge in [0.1, 0.15) is 11.4 Å². The first-order chi connectivity index (χ1) is 14.5. The standard InChI is InChI=1S/C22H22N4O4/c1-3-4-12-25-21(15-6-5-7-16(13-15)26(28)29)18-19(23-24-20(18)22(25)27)14-8-10-17(30-2)11-9-14/h5-11,13,21H,3-4,12H2,1-2H3,(H,23,24). The van der Waals surface area contributed by atoms with Gasteiger partial charge in [-0.25, -0.2) is 0 Å². The van der Waals surface area contributed by atoms with E-state index in [1.165, 1.54) is 12.1 Å². The lowest BCUT2D eigenvalue weighted by Crippen LogP contribution is -2.30. The average molecular weight is 406 g/mol. The lowest BCUT2D eigenvalue weighted by Gasteiger charge is -2.26. The van der Waals surface area contributed by atoms with Gasteiger partial charge in [0.15, 0.2) is 0 Å². The van der Waals surface area contributed by atoms with Gasteiger partial charge in [0, 0.05) is 29.8 Å². The Morgan fingerprint density at radius 1 is 1.23 bits per heavy atom. The maximum atomic E-state index is 13.2. The molecule has 3 aromatic rings. The fourth-order valence-electron chi connectivity index (χ4n) is 3.88. The van der Waals surface area contributed by atoms with Gasteiger partial charge in [-0.1, -0.05) is 25.5 Å². The number of benzene rings is 2. The van der Waals surface area contributed by atoms with Crippen molar-refractivity contribution < 1.29 is 14.5 Å². The minimum Gasteiger partial charge on any atom is -0.497 e. The van der Waals surface area contributed by atoms with E-state index in [1.54, 1.807) is 18.1 Å². The Bertz CT molecular complexity index is 1090. The van der Waals surface area contributed by atoms with Crippen molar-refractivity contribution in [2.45, 2.75) is 25.8 Å². The molecule has 0 saturated carbocycles. The van der Waals surface area contributed by atoms with Gasteiger partial charge >= 0.3 is 0 Å². The number of H-pyrrole nitrogens is 1. The van der Waals surface area contributed by atoms with E-state index in [2.05, 4.69) is 17.1 Å². The number of non-ortho nitro benzene ring substituents is 1. The largest absolute Gasteiger partial charge is 0.497 e. The zero-order valence-corrected chi connectivity index (χ0v) is 16.8. The molecule has 2 heterocycles. The number of aromatic nitrogens is 2. The third-order valence-electron chi connectivity index (χ3n) is 5.38. The number of fused-ring (bicyclic) bond motifs is 1. The highest BCUT2D eigenvalue weighted by Crippen LogP contribution is 2.43. The summed E-state index contributed by atoms with van der Waals surface area (Å²) in [5.41, 5.74) is 3.39. The molecule has 0 bridgehead atoms. The maximum Gasteiger partial charge on any atom is 0.273 e. The van der Waals surface area contributed by atoms with Crippen molar-refractivity contribution in [2.75, 3.05) is 13.7 Å². The summed E-state index contributed by atoms with van der Waals surface area (Å²) in [5, 5.41) is 18.6. The number of carbonyl (C=O) groups excluding carboxylic acids is 1. The SMILES string of the molecule is CCCCN1C(=O)c2[nH]nc(-c3ccc(OC)cc3)c2C1c1cccc([N+](=O)[O-])c1. The summed E-state index contributed by atoms with van der Waals surface area (Å²) < 4.78 is 5.23.